The van der Waals surface area contributed by atoms with Gasteiger partial charge in [-0.2, -0.15) is 4.98 Å². The predicted molar refractivity (Wildman–Crippen MR) is 70.1 cm³/mol. The summed E-state index contributed by atoms with van der Waals surface area (Å²) in [7, 11) is 1.59. The highest BCUT2D eigenvalue weighted by molar-refractivity contribution is 9.10. The summed E-state index contributed by atoms with van der Waals surface area (Å²) >= 11 is 3.32. The number of ether oxygens (including phenoxy) is 1. The molecule has 1 fully saturated rings. The first kappa shape index (κ1) is 12.6. The molecule has 0 aliphatic heterocycles. The SMILES string of the molecule is COc1nc(NCC2CCCC2N)ncc1Br. The van der Waals surface area contributed by atoms with Crippen molar-refractivity contribution in [2.75, 3.05) is 19.0 Å². The molecule has 0 radical (unpaired) electrons. The number of rotatable bonds is 4. The number of halogens is 1. The van der Waals surface area contributed by atoms with Gasteiger partial charge in [0.1, 0.15) is 0 Å². The molecule has 1 saturated carbocycles. The first-order valence-electron chi connectivity index (χ1n) is 5.76. The topological polar surface area (TPSA) is 73.1 Å². The van der Waals surface area contributed by atoms with Crippen molar-refractivity contribution in [3.05, 3.63) is 10.7 Å². The van der Waals surface area contributed by atoms with Crippen molar-refractivity contribution in [3.8, 4) is 5.88 Å². The van der Waals surface area contributed by atoms with Crippen molar-refractivity contribution in [1.82, 2.24) is 9.97 Å². The first-order valence-corrected chi connectivity index (χ1v) is 6.56. The largest absolute Gasteiger partial charge is 0.480 e. The fourth-order valence-corrected chi connectivity index (χ4v) is 2.47. The Morgan fingerprint density at radius 3 is 3.06 bits per heavy atom. The summed E-state index contributed by atoms with van der Waals surface area (Å²) in [6.45, 7) is 0.825. The minimum Gasteiger partial charge on any atom is -0.480 e. The van der Waals surface area contributed by atoms with Gasteiger partial charge in [0.05, 0.1) is 17.8 Å². The summed E-state index contributed by atoms with van der Waals surface area (Å²) in [6.07, 6.45) is 5.21. The van der Waals surface area contributed by atoms with Crippen molar-refractivity contribution in [2.45, 2.75) is 25.3 Å². The van der Waals surface area contributed by atoms with Gasteiger partial charge in [-0.1, -0.05) is 6.42 Å². The fraction of sp³-hybridized carbons (Fsp3) is 0.636. The predicted octanol–water partition coefficient (Wildman–Crippen LogP) is 1.79. The molecule has 1 aliphatic carbocycles. The molecule has 3 N–H and O–H groups in total. The van der Waals surface area contributed by atoms with E-state index in [1.54, 1.807) is 13.3 Å². The molecular weight excluding hydrogens is 284 g/mol. The summed E-state index contributed by atoms with van der Waals surface area (Å²) in [5.74, 6) is 1.65. The number of aromatic nitrogens is 2. The summed E-state index contributed by atoms with van der Waals surface area (Å²) in [4.78, 5) is 8.43. The van der Waals surface area contributed by atoms with Crippen LogP contribution in [0.25, 0.3) is 0 Å². The maximum absolute atomic E-state index is 6.01. The van der Waals surface area contributed by atoms with Crippen molar-refractivity contribution in [3.63, 3.8) is 0 Å². The van der Waals surface area contributed by atoms with Gasteiger partial charge in [0.2, 0.25) is 11.8 Å². The lowest BCUT2D eigenvalue weighted by molar-refractivity contribution is 0.394. The number of hydrogen-bond donors (Lipinski definition) is 2. The van der Waals surface area contributed by atoms with E-state index in [1.165, 1.54) is 12.8 Å². The number of nitrogens with one attached hydrogen (secondary N) is 1. The fourth-order valence-electron chi connectivity index (χ4n) is 2.12. The number of anilines is 1. The molecule has 1 aromatic rings. The lowest BCUT2D eigenvalue weighted by Gasteiger charge is -2.16. The summed E-state index contributed by atoms with van der Waals surface area (Å²) < 4.78 is 5.87. The minimum atomic E-state index is 0.305. The molecule has 6 heteroatoms. The van der Waals surface area contributed by atoms with E-state index in [1.807, 2.05) is 0 Å². The van der Waals surface area contributed by atoms with Crippen LogP contribution in [0, 0.1) is 5.92 Å². The lowest BCUT2D eigenvalue weighted by atomic mass is 10.1. The van der Waals surface area contributed by atoms with Crippen molar-refractivity contribution >= 4 is 21.9 Å². The Balaban J connectivity index is 1.94. The third-order valence-corrected chi connectivity index (χ3v) is 3.69. The van der Waals surface area contributed by atoms with E-state index in [4.69, 9.17) is 10.5 Å². The Morgan fingerprint density at radius 2 is 2.41 bits per heavy atom. The summed E-state index contributed by atoms with van der Waals surface area (Å²) in [6, 6.07) is 0.305. The minimum absolute atomic E-state index is 0.305. The molecule has 1 aliphatic rings. The molecule has 2 atom stereocenters. The van der Waals surface area contributed by atoms with Crippen LogP contribution < -0.4 is 15.8 Å². The third-order valence-electron chi connectivity index (χ3n) is 3.15. The van der Waals surface area contributed by atoms with Crippen LogP contribution >= 0.6 is 15.9 Å². The van der Waals surface area contributed by atoms with Crippen LogP contribution in [0.3, 0.4) is 0 Å². The van der Waals surface area contributed by atoms with Gasteiger partial charge in [-0.15, -0.1) is 0 Å². The number of nitrogens with two attached hydrogens (primary N) is 1. The second-order valence-electron chi connectivity index (χ2n) is 4.29. The molecule has 17 heavy (non-hydrogen) atoms. The van der Waals surface area contributed by atoms with Crippen LogP contribution in [0.2, 0.25) is 0 Å². The van der Waals surface area contributed by atoms with Gasteiger partial charge in [0.25, 0.3) is 0 Å². The molecule has 1 heterocycles. The third kappa shape index (κ3) is 3.07. The molecule has 94 valence electrons. The zero-order valence-corrected chi connectivity index (χ0v) is 11.4. The van der Waals surface area contributed by atoms with Crippen LogP contribution in [0.1, 0.15) is 19.3 Å². The molecule has 0 amide bonds. The quantitative estimate of drug-likeness (QED) is 0.887. The highest BCUT2D eigenvalue weighted by Gasteiger charge is 2.23. The molecule has 5 nitrogen and oxygen atoms in total. The lowest BCUT2D eigenvalue weighted by Crippen LogP contribution is -2.30. The second kappa shape index (κ2) is 5.64. The summed E-state index contributed by atoms with van der Waals surface area (Å²) in [5, 5.41) is 3.22. The van der Waals surface area contributed by atoms with Crippen LogP contribution in [0.5, 0.6) is 5.88 Å². The van der Waals surface area contributed by atoms with Crippen molar-refractivity contribution in [1.29, 1.82) is 0 Å². The zero-order chi connectivity index (χ0) is 12.3. The van der Waals surface area contributed by atoms with E-state index in [0.717, 1.165) is 17.4 Å². The highest BCUT2D eigenvalue weighted by atomic mass is 79.9. The number of methoxy groups -OCH3 is 1. The maximum Gasteiger partial charge on any atom is 0.232 e. The van der Waals surface area contributed by atoms with E-state index in [-0.39, 0.29) is 0 Å². The van der Waals surface area contributed by atoms with Gasteiger partial charge in [-0.05, 0) is 34.7 Å². The Labute approximate surface area is 109 Å². The van der Waals surface area contributed by atoms with Crippen LogP contribution in [0.4, 0.5) is 5.95 Å². The monoisotopic (exact) mass is 300 g/mol. The van der Waals surface area contributed by atoms with E-state index in [9.17, 15) is 0 Å². The molecule has 0 saturated heterocycles. The highest BCUT2D eigenvalue weighted by Crippen LogP contribution is 2.25. The van der Waals surface area contributed by atoms with E-state index in [2.05, 4.69) is 31.2 Å². The van der Waals surface area contributed by atoms with Gasteiger partial charge >= 0.3 is 0 Å². The average Bonchev–Trinajstić information content (AvgIpc) is 2.74. The van der Waals surface area contributed by atoms with Crippen LogP contribution in [0.15, 0.2) is 10.7 Å². The van der Waals surface area contributed by atoms with E-state index >= 15 is 0 Å². The summed E-state index contributed by atoms with van der Waals surface area (Å²) in [5.41, 5.74) is 6.01. The molecule has 2 rings (SSSR count). The average molecular weight is 301 g/mol. The first-order chi connectivity index (χ1) is 8.20. The standard InChI is InChI=1S/C11H17BrN4O/c1-17-10-8(12)6-15-11(16-10)14-5-7-3-2-4-9(7)13/h6-7,9H,2-5,13H2,1H3,(H,14,15,16). The van der Waals surface area contributed by atoms with Crippen molar-refractivity contribution in [2.24, 2.45) is 11.7 Å². The van der Waals surface area contributed by atoms with Crippen LogP contribution in [-0.4, -0.2) is 29.7 Å². The van der Waals surface area contributed by atoms with Gasteiger partial charge in [0.15, 0.2) is 0 Å². The van der Waals surface area contributed by atoms with Gasteiger partial charge in [-0.25, -0.2) is 4.98 Å². The zero-order valence-electron chi connectivity index (χ0n) is 9.82. The van der Waals surface area contributed by atoms with Crippen LogP contribution in [-0.2, 0) is 0 Å². The molecule has 0 bridgehead atoms. The molecule has 1 aromatic heterocycles. The van der Waals surface area contributed by atoms with Crippen molar-refractivity contribution < 1.29 is 4.74 Å². The Kier molecular flexibility index (Phi) is 4.17. The number of nitrogens with zero attached hydrogens (tertiary/aromatic N) is 2. The number of hydrogen-bond acceptors (Lipinski definition) is 5. The maximum atomic E-state index is 6.01. The van der Waals surface area contributed by atoms with E-state index < -0.39 is 0 Å². The van der Waals surface area contributed by atoms with Gasteiger partial charge in [-0.3, -0.25) is 0 Å². The van der Waals surface area contributed by atoms with Gasteiger partial charge in [0, 0.05) is 12.6 Å². The molecular formula is C11H17BrN4O. The molecule has 2 unspecified atom stereocenters. The van der Waals surface area contributed by atoms with Gasteiger partial charge < -0.3 is 15.8 Å². The molecule has 0 aromatic carbocycles. The Morgan fingerprint density at radius 1 is 1.59 bits per heavy atom. The smallest absolute Gasteiger partial charge is 0.232 e. The Bertz CT molecular complexity index is 388. The van der Waals surface area contributed by atoms with E-state index in [0.29, 0.717) is 23.8 Å². The second-order valence-corrected chi connectivity index (χ2v) is 5.14. The normalized spacial score (nSPS) is 23.7. The Hall–Kier alpha value is -0.880. The molecule has 0 spiro atoms.